The fraction of sp³-hybridized carbons (Fsp3) is 1.00. The Bertz CT molecular complexity index is 88.6. The third-order valence-electron chi connectivity index (χ3n) is 2.09. The molecular formula is C8H17N. The van der Waals surface area contributed by atoms with E-state index in [1.165, 1.54) is 19.3 Å². The SMILES string of the molecule is CC(C)CCC1CC1N. The lowest BCUT2D eigenvalue weighted by molar-refractivity contribution is 0.522. The molecule has 9 heavy (non-hydrogen) atoms. The van der Waals surface area contributed by atoms with Gasteiger partial charge in [-0.2, -0.15) is 0 Å². The molecule has 54 valence electrons. The molecule has 0 aromatic rings. The van der Waals surface area contributed by atoms with Crippen LogP contribution in [0.2, 0.25) is 0 Å². The lowest BCUT2D eigenvalue weighted by Crippen LogP contribution is -2.02. The van der Waals surface area contributed by atoms with Crippen LogP contribution < -0.4 is 5.73 Å². The van der Waals surface area contributed by atoms with Crippen molar-refractivity contribution < 1.29 is 0 Å². The molecule has 1 nitrogen and oxygen atoms in total. The van der Waals surface area contributed by atoms with E-state index in [2.05, 4.69) is 13.8 Å². The second-order valence-electron chi connectivity index (χ2n) is 3.63. The average Bonchev–Trinajstić information content (AvgIpc) is 2.42. The molecular weight excluding hydrogens is 110 g/mol. The van der Waals surface area contributed by atoms with E-state index in [1.54, 1.807) is 0 Å². The highest BCUT2D eigenvalue weighted by Crippen LogP contribution is 2.33. The van der Waals surface area contributed by atoms with E-state index < -0.39 is 0 Å². The maximum atomic E-state index is 5.65. The maximum absolute atomic E-state index is 5.65. The van der Waals surface area contributed by atoms with Gasteiger partial charge in [-0.15, -0.1) is 0 Å². The first-order valence-electron chi connectivity index (χ1n) is 3.95. The molecule has 1 heteroatoms. The molecule has 0 saturated heterocycles. The summed E-state index contributed by atoms with van der Waals surface area (Å²) >= 11 is 0. The Morgan fingerprint density at radius 3 is 2.44 bits per heavy atom. The van der Waals surface area contributed by atoms with Gasteiger partial charge < -0.3 is 5.73 Å². The number of nitrogens with two attached hydrogens (primary N) is 1. The van der Waals surface area contributed by atoms with Gasteiger partial charge in [-0.05, 0) is 24.7 Å². The Morgan fingerprint density at radius 1 is 1.56 bits per heavy atom. The van der Waals surface area contributed by atoms with E-state index in [-0.39, 0.29) is 0 Å². The molecule has 1 aliphatic rings. The number of hydrogen-bond acceptors (Lipinski definition) is 1. The Hall–Kier alpha value is -0.0400. The molecule has 0 aromatic carbocycles. The van der Waals surface area contributed by atoms with Crippen molar-refractivity contribution in [3.63, 3.8) is 0 Å². The van der Waals surface area contributed by atoms with Gasteiger partial charge in [0.25, 0.3) is 0 Å². The smallest absolute Gasteiger partial charge is 0.00709 e. The van der Waals surface area contributed by atoms with Gasteiger partial charge in [0.1, 0.15) is 0 Å². The molecule has 0 amide bonds. The van der Waals surface area contributed by atoms with Gasteiger partial charge in [0.2, 0.25) is 0 Å². The van der Waals surface area contributed by atoms with Gasteiger partial charge in [-0.3, -0.25) is 0 Å². The highest BCUT2D eigenvalue weighted by atomic mass is 14.7. The summed E-state index contributed by atoms with van der Waals surface area (Å²) in [5.41, 5.74) is 5.65. The minimum Gasteiger partial charge on any atom is -0.327 e. The zero-order valence-electron chi connectivity index (χ0n) is 6.43. The molecule has 0 radical (unpaired) electrons. The first-order valence-corrected chi connectivity index (χ1v) is 3.95. The van der Waals surface area contributed by atoms with Crippen LogP contribution in [0.3, 0.4) is 0 Å². The zero-order chi connectivity index (χ0) is 6.85. The van der Waals surface area contributed by atoms with Crippen LogP contribution in [0.15, 0.2) is 0 Å². The van der Waals surface area contributed by atoms with Gasteiger partial charge in [-0.1, -0.05) is 20.3 Å². The topological polar surface area (TPSA) is 26.0 Å². The summed E-state index contributed by atoms with van der Waals surface area (Å²) in [6, 6.07) is 0.559. The molecule has 0 spiro atoms. The Labute approximate surface area is 57.6 Å². The summed E-state index contributed by atoms with van der Waals surface area (Å²) in [7, 11) is 0. The van der Waals surface area contributed by atoms with Gasteiger partial charge in [0, 0.05) is 6.04 Å². The Morgan fingerprint density at radius 2 is 2.11 bits per heavy atom. The van der Waals surface area contributed by atoms with Crippen LogP contribution in [-0.2, 0) is 0 Å². The Kier molecular flexibility index (Phi) is 2.12. The van der Waals surface area contributed by atoms with Crippen LogP contribution >= 0.6 is 0 Å². The summed E-state index contributed by atoms with van der Waals surface area (Å²) in [5, 5.41) is 0. The van der Waals surface area contributed by atoms with Gasteiger partial charge >= 0.3 is 0 Å². The van der Waals surface area contributed by atoms with Gasteiger partial charge in [0.05, 0.1) is 0 Å². The number of rotatable bonds is 3. The molecule has 0 aromatic heterocycles. The van der Waals surface area contributed by atoms with E-state index in [9.17, 15) is 0 Å². The van der Waals surface area contributed by atoms with Crippen LogP contribution in [0, 0.1) is 11.8 Å². The summed E-state index contributed by atoms with van der Waals surface area (Å²) < 4.78 is 0. The summed E-state index contributed by atoms with van der Waals surface area (Å²) in [6.45, 7) is 4.54. The normalized spacial score (nSPS) is 33.3. The minimum atomic E-state index is 0.559. The van der Waals surface area contributed by atoms with Crippen molar-refractivity contribution in [3.8, 4) is 0 Å². The largest absolute Gasteiger partial charge is 0.327 e. The predicted molar refractivity (Wildman–Crippen MR) is 40.2 cm³/mol. The fourth-order valence-corrected chi connectivity index (χ4v) is 1.15. The second-order valence-corrected chi connectivity index (χ2v) is 3.63. The molecule has 2 N–H and O–H groups in total. The molecule has 0 aliphatic heterocycles. The summed E-state index contributed by atoms with van der Waals surface area (Å²) in [6.07, 6.45) is 4.00. The first kappa shape index (κ1) is 7.07. The molecule has 0 bridgehead atoms. The number of hydrogen-bond donors (Lipinski definition) is 1. The van der Waals surface area contributed by atoms with Crippen LogP contribution in [0.5, 0.6) is 0 Å². The predicted octanol–water partition coefficient (Wildman–Crippen LogP) is 1.77. The monoisotopic (exact) mass is 127 g/mol. The maximum Gasteiger partial charge on any atom is 0.00709 e. The van der Waals surface area contributed by atoms with Crippen molar-refractivity contribution in [3.05, 3.63) is 0 Å². The molecule has 0 heterocycles. The molecule has 2 atom stereocenters. The van der Waals surface area contributed by atoms with E-state index in [0.29, 0.717) is 6.04 Å². The second kappa shape index (κ2) is 2.70. The molecule has 2 unspecified atom stereocenters. The highest BCUT2D eigenvalue weighted by Gasteiger charge is 2.32. The van der Waals surface area contributed by atoms with E-state index in [1.807, 2.05) is 0 Å². The van der Waals surface area contributed by atoms with Crippen LogP contribution in [0.25, 0.3) is 0 Å². The molecule has 1 saturated carbocycles. The van der Waals surface area contributed by atoms with Crippen molar-refractivity contribution in [2.24, 2.45) is 17.6 Å². The third-order valence-corrected chi connectivity index (χ3v) is 2.09. The van der Waals surface area contributed by atoms with Gasteiger partial charge in [0.15, 0.2) is 0 Å². The van der Waals surface area contributed by atoms with E-state index in [4.69, 9.17) is 5.73 Å². The zero-order valence-corrected chi connectivity index (χ0v) is 6.43. The van der Waals surface area contributed by atoms with E-state index >= 15 is 0 Å². The molecule has 1 rings (SSSR count). The van der Waals surface area contributed by atoms with Crippen molar-refractivity contribution in [1.29, 1.82) is 0 Å². The summed E-state index contributed by atoms with van der Waals surface area (Å²) in [5.74, 6) is 1.74. The van der Waals surface area contributed by atoms with E-state index in [0.717, 1.165) is 11.8 Å². The highest BCUT2D eigenvalue weighted by molar-refractivity contribution is 4.89. The Balaban J connectivity index is 1.94. The van der Waals surface area contributed by atoms with Gasteiger partial charge in [-0.25, -0.2) is 0 Å². The van der Waals surface area contributed by atoms with Crippen LogP contribution in [0.4, 0.5) is 0 Å². The molecule has 1 aliphatic carbocycles. The van der Waals surface area contributed by atoms with Crippen molar-refractivity contribution in [2.75, 3.05) is 0 Å². The van der Waals surface area contributed by atoms with Crippen molar-refractivity contribution in [2.45, 2.75) is 39.2 Å². The van der Waals surface area contributed by atoms with Crippen LogP contribution in [0.1, 0.15) is 33.1 Å². The first-order chi connectivity index (χ1) is 4.20. The standard InChI is InChI=1S/C8H17N/c1-6(2)3-4-7-5-8(7)9/h6-8H,3-5,9H2,1-2H3. The fourth-order valence-electron chi connectivity index (χ4n) is 1.15. The minimum absolute atomic E-state index is 0.559. The third kappa shape index (κ3) is 2.35. The van der Waals surface area contributed by atoms with Crippen LogP contribution in [-0.4, -0.2) is 6.04 Å². The van der Waals surface area contributed by atoms with Crippen molar-refractivity contribution >= 4 is 0 Å². The average molecular weight is 127 g/mol. The quantitative estimate of drug-likeness (QED) is 0.614. The van der Waals surface area contributed by atoms with Crippen molar-refractivity contribution in [1.82, 2.24) is 0 Å². The lowest BCUT2D eigenvalue weighted by atomic mass is 10.1. The lowest BCUT2D eigenvalue weighted by Gasteiger charge is -2.01. The molecule has 1 fully saturated rings. The summed E-state index contributed by atoms with van der Waals surface area (Å²) in [4.78, 5) is 0.